The van der Waals surface area contributed by atoms with Crippen LogP contribution in [0.1, 0.15) is 6.42 Å². The maximum absolute atomic E-state index is 12.5. The van der Waals surface area contributed by atoms with Crippen molar-refractivity contribution < 1.29 is 9.53 Å². The first-order chi connectivity index (χ1) is 16.7. The third-order valence-electron chi connectivity index (χ3n) is 6.04. The van der Waals surface area contributed by atoms with Crippen molar-refractivity contribution in [3.8, 4) is 11.3 Å². The Hall–Kier alpha value is -3.91. The fourth-order valence-corrected chi connectivity index (χ4v) is 4.14. The van der Waals surface area contributed by atoms with Gasteiger partial charge in [0.25, 0.3) is 5.91 Å². The Morgan fingerprint density at radius 2 is 1.68 bits per heavy atom. The number of likely N-dealkylation sites (N-methyl/N-ethyl adjacent to an activating group) is 1. The molecule has 3 aromatic rings. The number of anilines is 4. The molecule has 1 aromatic heterocycles. The van der Waals surface area contributed by atoms with Crippen LogP contribution in [-0.4, -0.2) is 60.7 Å². The molecule has 1 amide bonds. The van der Waals surface area contributed by atoms with Crippen LogP contribution in [0.4, 0.5) is 23.0 Å². The van der Waals surface area contributed by atoms with Crippen molar-refractivity contribution >= 4 is 28.9 Å². The summed E-state index contributed by atoms with van der Waals surface area (Å²) in [7, 11) is 1.93. The molecule has 174 valence electrons. The molecule has 8 nitrogen and oxygen atoms in total. The zero-order valence-corrected chi connectivity index (χ0v) is 19.2. The Morgan fingerprint density at radius 1 is 0.941 bits per heavy atom. The summed E-state index contributed by atoms with van der Waals surface area (Å²) in [6.45, 7) is 4.24. The Balaban J connectivity index is 1.23. The highest BCUT2D eigenvalue weighted by Crippen LogP contribution is 2.24. The molecule has 0 bridgehead atoms. The Kier molecular flexibility index (Phi) is 6.40. The van der Waals surface area contributed by atoms with Gasteiger partial charge in [0.05, 0.1) is 24.6 Å². The number of amides is 1. The van der Waals surface area contributed by atoms with Gasteiger partial charge in [0.15, 0.2) is 0 Å². The summed E-state index contributed by atoms with van der Waals surface area (Å²) in [4.78, 5) is 25.8. The third kappa shape index (κ3) is 5.02. The summed E-state index contributed by atoms with van der Waals surface area (Å²) in [5, 5.41) is 6.24. The van der Waals surface area contributed by atoms with Crippen LogP contribution in [-0.2, 0) is 9.53 Å². The number of carbonyl (C=O) groups excluding carboxylic acids is 1. The molecule has 0 saturated carbocycles. The maximum atomic E-state index is 12.5. The monoisotopic (exact) mass is 456 g/mol. The second kappa shape index (κ2) is 9.93. The van der Waals surface area contributed by atoms with E-state index in [1.807, 2.05) is 60.5 Å². The van der Waals surface area contributed by atoms with E-state index in [4.69, 9.17) is 4.74 Å². The molecule has 0 aliphatic carbocycles. The average Bonchev–Trinajstić information content (AvgIpc) is 3.32. The highest BCUT2D eigenvalue weighted by molar-refractivity contribution is 6.03. The van der Waals surface area contributed by atoms with E-state index >= 15 is 0 Å². The molecular weight excluding hydrogens is 428 g/mol. The van der Waals surface area contributed by atoms with E-state index in [0.717, 1.165) is 61.9 Å². The largest absolute Gasteiger partial charge is 0.378 e. The molecule has 3 heterocycles. The number of nitrogens with zero attached hydrogens (tertiary/aromatic N) is 4. The minimum Gasteiger partial charge on any atom is -0.378 e. The van der Waals surface area contributed by atoms with Gasteiger partial charge in [0.2, 0.25) is 5.95 Å². The normalized spacial score (nSPS) is 15.7. The zero-order valence-electron chi connectivity index (χ0n) is 19.2. The molecule has 2 aromatic carbocycles. The fourth-order valence-electron chi connectivity index (χ4n) is 4.14. The van der Waals surface area contributed by atoms with Crippen LogP contribution < -0.4 is 15.5 Å². The van der Waals surface area contributed by atoms with E-state index in [2.05, 4.69) is 37.6 Å². The standard InChI is InChI=1S/C26H28N6O2/c1-31-14-2-3-24(31)25(33)28-20-6-4-19(5-7-20)23-12-13-27-26(30-23)29-21-8-10-22(11-9-21)32-15-17-34-18-16-32/h3-13H,2,14-18H2,1H3,(H,28,33)(H,27,29,30). The summed E-state index contributed by atoms with van der Waals surface area (Å²) < 4.78 is 5.43. The number of ether oxygens (including phenoxy) is 1. The minimum absolute atomic E-state index is 0.0825. The Bertz CT molecular complexity index is 1170. The summed E-state index contributed by atoms with van der Waals surface area (Å²) >= 11 is 0. The molecule has 2 aliphatic rings. The highest BCUT2D eigenvalue weighted by Gasteiger charge is 2.18. The number of carbonyl (C=O) groups is 1. The van der Waals surface area contributed by atoms with E-state index in [-0.39, 0.29) is 5.91 Å². The second-order valence-corrected chi connectivity index (χ2v) is 8.37. The molecule has 0 spiro atoms. The summed E-state index contributed by atoms with van der Waals surface area (Å²) in [6, 6.07) is 17.8. The van der Waals surface area contributed by atoms with Gasteiger partial charge in [-0.2, -0.15) is 0 Å². The van der Waals surface area contributed by atoms with Crippen molar-refractivity contribution in [1.82, 2.24) is 14.9 Å². The van der Waals surface area contributed by atoms with Crippen molar-refractivity contribution in [3.63, 3.8) is 0 Å². The van der Waals surface area contributed by atoms with Gasteiger partial charge in [-0.25, -0.2) is 9.97 Å². The number of benzene rings is 2. The molecule has 0 unspecified atom stereocenters. The van der Waals surface area contributed by atoms with Crippen LogP contribution in [0, 0.1) is 0 Å². The molecule has 1 saturated heterocycles. The lowest BCUT2D eigenvalue weighted by Crippen LogP contribution is -2.36. The first kappa shape index (κ1) is 21.9. The molecule has 0 atom stereocenters. The van der Waals surface area contributed by atoms with E-state index in [1.54, 1.807) is 6.20 Å². The lowest BCUT2D eigenvalue weighted by molar-refractivity contribution is -0.114. The SMILES string of the molecule is CN1CCC=C1C(=O)Nc1ccc(-c2ccnc(Nc3ccc(N4CCOCC4)cc3)n2)cc1. The van der Waals surface area contributed by atoms with Crippen LogP contribution in [0.3, 0.4) is 0 Å². The third-order valence-corrected chi connectivity index (χ3v) is 6.04. The summed E-state index contributed by atoms with van der Waals surface area (Å²) in [6.07, 6.45) is 4.61. The fraction of sp³-hybridized carbons (Fsp3) is 0.269. The minimum atomic E-state index is -0.0825. The van der Waals surface area contributed by atoms with Crippen molar-refractivity contribution in [2.45, 2.75) is 6.42 Å². The summed E-state index contributed by atoms with van der Waals surface area (Å²) in [5.41, 5.74) is 5.34. The number of hydrogen-bond acceptors (Lipinski definition) is 7. The van der Waals surface area contributed by atoms with Crippen molar-refractivity contribution in [3.05, 3.63) is 72.6 Å². The Labute approximate surface area is 199 Å². The van der Waals surface area contributed by atoms with Gasteiger partial charge in [-0.1, -0.05) is 18.2 Å². The highest BCUT2D eigenvalue weighted by atomic mass is 16.5. The first-order valence-electron chi connectivity index (χ1n) is 11.5. The zero-order chi connectivity index (χ0) is 23.3. The average molecular weight is 457 g/mol. The van der Waals surface area contributed by atoms with Gasteiger partial charge in [-0.15, -0.1) is 0 Å². The van der Waals surface area contributed by atoms with Gasteiger partial charge in [0, 0.05) is 55.5 Å². The smallest absolute Gasteiger partial charge is 0.271 e. The lowest BCUT2D eigenvalue weighted by Gasteiger charge is -2.28. The molecule has 8 heteroatoms. The van der Waals surface area contributed by atoms with Crippen molar-refractivity contribution in [2.24, 2.45) is 0 Å². The van der Waals surface area contributed by atoms with Crippen LogP contribution in [0.15, 0.2) is 72.6 Å². The molecule has 2 N–H and O–H groups in total. The van der Waals surface area contributed by atoms with Gasteiger partial charge in [-0.3, -0.25) is 4.79 Å². The second-order valence-electron chi connectivity index (χ2n) is 8.37. The van der Waals surface area contributed by atoms with Gasteiger partial charge >= 0.3 is 0 Å². The predicted molar refractivity (Wildman–Crippen MR) is 134 cm³/mol. The molecular formula is C26H28N6O2. The molecule has 1 fully saturated rings. The quantitative estimate of drug-likeness (QED) is 0.582. The number of morpholine rings is 1. The number of nitrogens with one attached hydrogen (secondary N) is 2. The van der Waals surface area contributed by atoms with Gasteiger partial charge < -0.3 is 25.2 Å². The number of rotatable bonds is 6. The predicted octanol–water partition coefficient (Wildman–Crippen LogP) is 3.88. The molecule has 0 radical (unpaired) electrons. The number of aromatic nitrogens is 2. The molecule has 2 aliphatic heterocycles. The van der Waals surface area contributed by atoms with Gasteiger partial charge in [0.1, 0.15) is 0 Å². The van der Waals surface area contributed by atoms with Crippen LogP contribution in [0.5, 0.6) is 0 Å². The number of hydrogen-bond donors (Lipinski definition) is 2. The van der Waals surface area contributed by atoms with E-state index < -0.39 is 0 Å². The van der Waals surface area contributed by atoms with E-state index in [0.29, 0.717) is 11.6 Å². The van der Waals surface area contributed by atoms with Gasteiger partial charge in [-0.05, 0) is 48.9 Å². The van der Waals surface area contributed by atoms with Crippen molar-refractivity contribution in [2.75, 3.05) is 55.4 Å². The van der Waals surface area contributed by atoms with E-state index in [1.165, 1.54) is 5.69 Å². The first-order valence-corrected chi connectivity index (χ1v) is 11.5. The van der Waals surface area contributed by atoms with Crippen molar-refractivity contribution in [1.29, 1.82) is 0 Å². The molecule has 5 rings (SSSR count). The lowest BCUT2D eigenvalue weighted by atomic mass is 10.1. The van der Waals surface area contributed by atoms with E-state index in [9.17, 15) is 4.79 Å². The van der Waals surface area contributed by atoms with Crippen LogP contribution in [0.25, 0.3) is 11.3 Å². The Morgan fingerprint density at radius 3 is 2.38 bits per heavy atom. The summed E-state index contributed by atoms with van der Waals surface area (Å²) in [5.74, 6) is 0.450. The van der Waals surface area contributed by atoms with Crippen LogP contribution >= 0.6 is 0 Å². The molecule has 34 heavy (non-hydrogen) atoms. The van der Waals surface area contributed by atoms with Crippen LogP contribution in [0.2, 0.25) is 0 Å². The maximum Gasteiger partial charge on any atom is 0.271 e. The topological polar surface area (TPSA) is 82.6 Å².